The summed E-state index contributed by atoms with van der Waals surface area (Å²) in [5, 5.41) is 13.6. The van der Waals surface area contributed by atoms with Gasteiger partial charge >= 0.3 is 0 Å². The highest BCUT2D eigenvalue weighted by Gasteiger charge is 2.21. The van der Waals surface area contributed by atoms with Crippen LogP contribution in [0.3, 0.4) is 0 Å². The summed E-state index contributed by atoms with van der Waals surface area (Å²) < 4.78 is 10.4. The normalized spacial score (nSPS) is 10.7. The smallest absolute Gasteiger partial charge is 0.265 e. The lowest BCUT2D eigenvalue weighted by Crippen LogP contribution is -2.23. The van der Waals surface area contributed by atoms with Crippen molar-refractivity contribution >= 4 is 22.5 Å². The van der Waals surface area contributed by atoms with Gasteiger partial charge in [0.1, 0.15) is 11.3 Å². The molecule has 2 aromatic carbocycles. The number of hydrogen-bond donors (Lipinski definition) is 3. The third kappa shape index (κ3) is 3.31. The number of methoxy groups -OCH3 is 2. The van der Waals surface area contributed by atoms with Crippen molar-refractivity contribution in [2.45, 2.75) is 13.8 Å². The van der Waals surface area contributed by atoms with Crippen LogP contribution in [0.25, 0.3) is 10.9 Å². The number of nitrogens with one attached hydrogen (secondary N) is 2. The second kappa shape index (κ2) is 7.03. The maximum absolute atomic E-state index is 12.7. The lowest BCUT2D eigenvalue weighted by molar-refractivity contribution is 0.102. The van der Waals surface area contributed by atoms with Crippen LogP contribution in [0.15, 0.2) is 35.1 Å². The molecular weight excluding hydrogens is 348 g/mol. The highest BCUT2D eigenvalue weighted by atomic mass is 16.5. The number of aromatic nitrogens is 1. The maximum atomic E-state index is 12.7. The fraction of sp³-hybridized carbons (Fsp3) is 0.200. The lowest BCUT2D eigenvalue weighted by Gasteiger charge is -2.13. The molecule has 0 aliphatic heterocycles. The molecule has 7 heteroatoms. The molecule has 1 heterocycles. The Balaban J connectivity index is 2.12. The molecule has 140 valence electrons. The molecule has 0 saturated heterocycles. The third-order valence-corrected chi connectivity index (χ3v) is 4.36. The molecular formula is C20H20N2O5. The molecule has 0 saturated carbocycles. The fourth-order valence-corrected chi connectivity index (χ4v) is 2.87. The number of anilines is 1. The minimum Gasteiger partial charge on any atom is -0.506 e. The first-order chi connectivity index (χ1) is 12.8. The van der Waals surface area contributed by atoms with Crippen LogP contribution >= 0.6 is 0 Å². The van der Waals surface area contributed by atoms with Crippen LogP contribution < -0.4 is 20.3 Å². The average molecular weight is 368 g/mol. The molecule has 0 radical (unpaired) electrons. The van der Waals surface area contributed by atoms with E-state index in [2.05, 4.69) is 10.3 Å². The van der Waals surface area contributed by atoms with Gasteiger partial charge in [0.05, 0.1) is 19.7 Å². The molecule has 1 amide bonds. The van der Waals surface area contributed by atoms with Crippen molar-refractivity contribution in [2.24, 2.45) is 0 Å². The van der Waals surface area contributed by atoms with Gasteiger partial charge in [0.15, 0.2) is 11.5 Å². The predicted molar refractivity (Wildman–Crippen MR) is 103 cm³/mol. The zero-order chi connectivity index (χ0) is 19.7. The summed E-state index contributed by atoms with van der Waals surface area (Å²) in [6.07, 6.45) is 0. The number of carbonyl (C=O) groups excluding carboxylic acids is 1. The van der Waals surface area contributed by atoms with Crippen molar-refractivity contribution in [1.29, 1.82) is 0 Å². The minimum absolute atomic E-state index is 0.276. The molecule has 3 rings (SSSR count). The van der Waals surface area contributed by atoms with Crippen LogP contribution in [0.5, 0.6) is 17.2 Å². The summed E-state index contributed by atoms with van der Waals surface area (Å²) in [6.45, 7) is 3.74. The van der Waals surface area contributed by atoms with Gasteiger partial charge in [0.2, 0.25) is 0 Å². The molecule has 0 aliphatic rings. The quantitative estimate of drug-likeness (QED) is 0.657. The number of aromatic hydroxyl groups is 1. The zero-order valence-corrected chi connectivity index (χ0v) is 15.5. The molecule has 0 unspecified atom stereocenters. The van der Waals surface area contributed by atoms with Gasteiger partial charge in [-0.25, -0.2) is 0 Å². The number of H-pyrrole nitrogens is 1. The van der Waals surface area contributed by atoms with Gasteiger partial charge in [0, 0.05) is 17.1 Å². The van der Waals surface area contributed by atoms with Crippen LogP contribution in [0.1, 0.15) is 21.5 Å². The van der Waals surface area contributed by atoms with Crippen molar-refractivity contribution in [3.05, 3.63) is 57.4 Å². The van der Waals surface area contributed by atoms with Gasteiger partial charge in [0.25, 0.3) is 11.5 Å². The van der Waals surface area contributed by atoms with Crippen molar-refractivity contribution in [2.75, 3.05) is 19.5 Å². The Hall–Kier alpha value is -3.48. The van der Waals surface area contributed by atoms with Gasteiger partial charge < -0.3 is 24.9 Å². The molecule has 0 fully saturated rings. The van der Waals surface area contributed by atoms with Crippen molar-refractivity contribution in [3.8, 4) is 17.2 Å². The van der Waals surface area contributed by atoms with E-state index in [9.17, 15) is 14.7 Å². The third-order valence-electron chi connectivity index (χ3n) is 4.36. The Morgan fingerprint density at radius 2 is 1.74 bits per heavy atom. The second-order valence-corrected chi connectivity index (χ2v) is 6.20. The second-order valence-electron chi connectivity index (χ2n) is 6.20. The first kappa shape index (κ1) is 18.3. The summed E-state index contributed by atoms with van der Waals surface area (Å²) in [4.78, 5) is 27.7. The molecule has 3 N–H and O–H groups in total. The Labute approximate surface area is 155 Å². The zero-order valence-electron chi connectivity index (χ0n) is 15.5. The molecule has 3 aromatic rings. The number of fused-ring (bicyclic) bond motifs is 1. The maximum Gasteiger partial charge on any atom is 0.265 e. The standard InChI is InChI=1S/C20H20N2O5/c1-10-5-6-11(2)13(7-10)21-19(24)17-18(23)12-8-15(26-3)16(27-4)9-14(12)22-20(17)25/h5-9H,1-4H3,(H,21,24)(H2,22,23,25). The average Bonchev–Trinajstić information content (AvgIpc) is 2.63. The largest absolute Gasteiger partial charge is 0.506 e. The minimum atomic E-state index is -0.699. The van der Waals surface area contributed by atoms with E-state index in [1.807, 2.05) is 26.0 Å². The Morgan fingerprint density at radius 3 is 2.41 bits per heavy atom. The summed E-state index contributed by atoms with van der Waals surface area (Å²) >= 11 is 0. The van der Waals surface area contributed by atoms with Gasteiger partial charge in [-0.2, -0.15) is 0 Å². The van der Waals surface area contributed by atoms with E-state index in [0.717, 1.165) is 11.1 Å². The van der Waals surface area contributed by atoms with E-state index in [0.29, 0.717) is 22.7 Å². The van der Waals surface area contributed by atoms with E-state index in [-0.39, 0.29) is 10.9 Å². The summed E-state index contributed by atoms with van der Waals surface area (Å²) in [5.74, 6) is -0.350. The predicted octanol–water partition coefficient (Wildman–Crippen LogP) is 3.12. The highest BCUT2D eigenvalue weighted by molar-refractivity contribution is 6.09. The molecule has 7 nitrogen and oxygen atoms in total. The summed E-state index contributed by atoms with van der Waals surface area (Å²) in [5.41, 5.74) is 1.65. The lowest BCUT2D eigenvalue weighted by atomic mass is 10.1. The van der Waals surface area contributed by atoms with Gasteiger partial charge in [-0.1, -0.05) is 12.1 Å². The Bertz CT molecular complexity index is 1100. The number of aromatic amines is 1. The number of aryl methyl sites for hydroxylation is 2. The van der Waals surface area contributed by atoms with E-state index >= 15 is 0 Å². The summed E-state index contributed by atoms with van der Waals surface area (Å²) in [6, 6.07) is 8.63. The number of rotatable bonds is 4. The molecule has 0 bridgehead atoms. The first-order valence-electron chi connectivity index (χ1n) is 8.25. The SMILES string of the molecule is COc1cc2[nH]c(=O)c(C(=O)Nc3cc(C)ccc3C)c(O)c2cc1OC. The van der Waals surface area contributed by atoms with Crippen molar-refractivity contribution in [3.63, 3.8) is 0 Å². The van der Waals surface area contributed by atoms with Crippen molar-refractivity contribution in [1.82, 2.24) is 4.98 Å². The number of carbonyl (C=O) groups is 1. The topological polar surface area (TPSA) is 101 Å². The molecule has 0 aliphatic carbocycles. The monoisotopic (exact) mass is 368 g/mol. The number of hydrogen-bond acceptors (Lipinski definition) is 5. The van der Waals surface area contributed by atoms with Crippen molar-refractivity contribution < 1.29 is 19.4 Å². The summed E-state index contributed by atoms with van der Waals surface area (Å²) in [7, 11) is 2.92. The fourth-order valence-electron chi connectivity index (χ4n) is 2.87. The highest BCUT2D eigenvalue weighted by Crippen LogP contribution is 2.35. The van der Waals surface area contributed by atoms with Crippen LogP contribution in [0.2, 0.25) is 0 Å². The van der Waals surface area contributed by atoms with E-state index in [1.54, 1.807) is 6.07 Å². The van der Waals surface area contributed by atoms with Crippen LogP contribution in [0, 0.1) is 13.8 Å². The number of ether oxygens (including phenoxy) is 2. The number of amides is 1. The molecule has 0 atom stereocenters. The number of pyridine rings is 1. The molecule has 27 heavy (non-hydrogen) atoms. The van der Waals surface area contributed by atoms with Gasteiger partial charge in [-0.15, -0.1) is 0 Å². The van der Waals surface area contributed by atoms with Crippen LogP contribution in [-0.2, 0) is 0 Å². The molecule has 1 aromatic heterocycles. The Morgan fingerprint density at radius 1 is 1.07 bits per heavy atom. The first-order valence-corrected chi connectivity index (χ1v) is 8.25. The van der Waals surface area contributed by atoms with Crippen LogP contribution in [0.4, 0.5) is 5.69 Å². The van der Waals surface area contributed by atoms with E-state index in [1.165, 1.54) is 26.4 Å². The van der Waals surface area contributed by atoms with Crippen LogP contribution in [-0.4, -0.2) is 30.2 Å². The number of benzene rings is 2. The van der Waals surface area contributed by atoms with Gasteiger partial charge in [-0.3, -0.25) is 9.59 Å². The molecule has 0 spiro atoms. The van der Waals surface area contributed by atoms with E-state index < -0.39 is 17.2 Å². The Kier molecular flexibility index (Phi) is 4.77. The van der Waals surface area contributed by atoms with E-state index in [4.69, 9.17) is 9.47 Å². The van der Waals surface area contributed by atoms with Gasteiger partial charge in [-0.05, 0) is 37.1 Å².